The van der Waals surface area contributed by atoms with E-state index in [4.69, 9.17) is 4.43 Å². The fourth-order valence-corrected chi connectivity index (χ4v) is 1.79. The van der Waals surface area contributed by atoms with Gasteiger partial charge in [-0.2, -0.15) is 0 Å². The number of hydrogen-bond acceptors (Lipinski definition) is 2. The first-order valence-electron chi connectivity index (χ1n) is 5.57. The molecule has 3 heteroatoms. The maximum atomic E-state index is 5.01. The molecule has 0 bridgehead atoms. The molecule has 0 N–H and O–H groups in total. The first-order valence-corrected chi connectivity index (χ1v) is 6.68. The van der Waals surface area contributed by atoms with E-state index < -0.39 is 0 Å². The maximum absolute atomic E-state index is 5.01. The molecule has 0 aromatic rings. The largest absolute Gasteiger partial charge is 0.421 e. The molecule has 2 radical (unpaired) electrons. The van der Waals surface area contributed by atoms with Crippen molar-refractivity contribution >= 4 is 15.5 Å². The summed E-state index contributed by atoms with van der Waals surface area (Å²) >= 11 is 0. The van der Waals surface area contributed by atoms with Crippen LogP contribution in [0.3, 0.4) is 0 Å². The summed E-state index contributed by atoms with van der Waals surface area (Å²) in [6, 6.07) is 1.19. The van der Waals surface area contributed by atoms with Crippen LogP contribution in [0.15, 0.2) is 4.99 Å². The van der Waals surface area contributed by atoms with Gasteiger partial charge in [0.2, 0.25) is 9.76 Å². The third kappa shape index (κ3) is 9.93. The summed E-state index contributed by atoms with van der Waals surface area (Å²) in [4.78, 5) is 4.54. The van der Waals surface area contributed by atoms with Crippen molar-refractivity contribution in [2.45, 2.75) is 52.0 Å². The van der Waals surface area contributed by atoms with Crippen LogP contribution in [0.5, 0.6) is 0 Å². The van der Waals surface area contributed by atoms with E-state index >= 15 is 0 Å². The number of hydrogen-bond donors (Lipinski definition) is 0. The summed E-state index contributed by atoms with van der Waals surface area (Å²) in [6.45, 7) is 5.37. The minimum atomic E-state index is 0.672. The molecule has 0 aliphatic heterocycles. The van der Waals surface area contributed by atoms with Gasteiger partial charge in [-0.05, 0) is 32.2 Å². The lowest BCUT2D eigenvalue weighted by atomic mass is 10.2. The lowest BCUT2D eigenvalue weighted by molar-refractivity contribution is 0.439. The molecule has 0 saturated carbocycles. The van der Waals surface area contributed by atoms with Gasteiger partial charge in [0.1, 0.15) is 0 Å². The van der Waals surface area contributed by atoms with E-state index in [1.807, 2.05) is 0 Å². The monoisotopic (exact) mass is 213 g/mol. The minimum absolute atomic E-state index is 0.672. The molecule has 0 rings (SSSR count). The average Bonchev–Trinajstić information content (AvgIpc) is 2.20. The van der Waals surface area contributed by atoms with Crippen LogP contribution in [0.25, 0.3) is 0 Å². The second-order valence-corrected chi connectivity index (χ2v) is 4.72. The topological polar surface area (TPSA) is 21.6 Å². The SMILES string of the molecule is CCCCC(C)=NCCCC[Si]OC. The highest BCUT2D eigenvalue weighted by Crippen LogP contribution is 1.99. The van der Waals surface area contributed by atoms with Crippen LogP contribution in [0.2, 0.25) is 6.04 Å². The molecule has 0 aliphatic rings. The third-order valence-electron chi connectivity index (χ3n) is 2.11. The lowest BCUT2D eigenvalue weighted by Crippen LogP contribution is -1.96. The van der Waals surface area contributed by atoms with Gasteiger partial charge in [-0.15, -0.1) is 0 Å². The molecule has 2 nitrogen and oxygen atoms in total. The highest BCUT2D eigenvalue weighted by atomic mass is 28.2. The first-order chi connectivity index (χ1) is 6.81. The van der Waals surface area contributed by atoms with E-state index in [1.54, 1.807) is 7.11 Å². The van der Waals surface area contributed by atoms with E-state index in [9.17, 15) is 0 Å². The summed E-state index contributed by atoms with van der Waals surface area (Å²) in [6.07, 6.45) is 6.18. The zero-order valence-corrected chi connectivity index (χ0v) is 10.8. The van der Waals surface area contributed by atoms with Gasteiger partial charge < -0.3 is 4.43 Å². The Morgan fingerprint density at radius 1 is 1.29 bits per heavy atom. The predicted octanol–water partition coefficient (Wildman–Crippen LogP) is 3.10. The van der Waals surface area contributed by atoms with Gasteiger partial charge in [-0.25, -0.2) is 0 Å². The van der Waals surface area contributed by atoms with Crippen LogP contribution in [0.1, 0.15) is 46.0 Å². The minimum Gasteiger partial charge on any atom is -0.421 e. The summed E-state index contributed by atoms with van der Waals surface area (Å²) < 4.78 is 5.01. The molecule has 82 valence electrons. The Bertz CT molecular complexity index is 148. The Morgan fingerprint density at radius 2 is 2.07 bits per heavy atom. The summed E-state index contributed by atoms with van der Waals surface area (Å²) in [5, 5.41) is 0. The molecule has 0 heterocycles. The zero-order chi connectivity index (χ0) is 10.6. The highest BCUT2D eigenvalue weighted by molar-refractivity contribution is 6.26. The van der Waals surface area contributed by atoms with Crippen LogP contribution >= 0.6 is 0 Å². The van der Waals surface area contributed by atoms with Gasteiger partial charge in [0.05, 0.1) is 0 Å². The molecule has 0 fully saturated rings. The molecule has 0 aromatic heterocycles. The van der Waals surface area contributed by atoms with Crippen molar-refractivity contribution in [1.82, 2.24) is 0 Å². The fourth-order valence-electron chi connectivity index (χ4n) is 1.19. The van der Waals surface area contributed by atoms with Crippen LogP contribution in [-0.2, 0) is 4.43 Å². The van der Waals surface area contributed by atoms with Gasteiger partial charge in [0.25, 0.3) is 0 Å². The molecule has 0 aliphatic carbocycles. The summed E-state index contributed by atoms with van der Waals surface area (Å²) in [7, 11) is 2.44. The summed E-state index contributed by atoms with van der Waals surface area (Å²) in [5.41, 5.74) is 1.32. The predicted molar refractivity (Wildman–Crippen MR) is 64.3 cm³/mol. The van der Waals surface area contributed by atoms with Crippen molar-refractivity contribution in [3.05, 3.63) is 0 Å². The third-order valence-corrected chi connectivity index (χ3v) is 2.95. The second kappa shape index (κ2) is 10.9. The van der Waals surface area contributed by atoms with E-state index in [0.29, 0.717) is 9.76 Å². The van der Waals surface area contributed by atoms with Crippen LogP contribution in [0.4, 0.5) is 0 Å². The van der Waals surface area contributed by atoms with Crippen LogP contribution < -0.4 is 0 Å². The van der Waals surface area contributed by atoms with Crippen molar-refractivity contribution in [1.29, 1.82) is 0 Å². The maximum Gasteiger partial charge on any atom is 0.229 e. The van der Waals surface area contributed by atoms with Crippen molar-refractivity contribution in [2.75, 3.05) is 13.7 Å². The van der Waals surface area contributed by atoms with Crippen molar-refractivity contribution in [3.8, 4) is 0 Å². The Hall–Kier alpha value is -0.153. The number of nitrogens with zero attached hydrogens (tertiary/aromatic N) is 1. The number of aliphatic imine (C=N–C) groups is 1. The molecule has 0 saturated heterocycles. The van der Waals surface area contributed by atoms with E-state index in [-0.39, 0.29) is 0 Å². The molecule has 0 aromatic carbocycles. The Balaban J connectivity index is 3.23. The fraction of sp³-hybridized carbons (Fsp3) is 0.909. The smallest absolute Gasteiger partial charge is 0.229 e. The number of rotatable bonds is 9. The van der Waals surface area contributed by atoms with Gasteiger partial charge in [-0.1, -0.05) is 19.8 Å². The molecule has 0 atom stereocenters. The van der Waals surface area contributed by atoms with Crippen molar-refractivity contribution in [3.63, 3.8) is 0 Å². The van der Waals surface area contributed by atoms with Gasteiger partial charge in [-0.3, -0.25) is 4.99 Å². The highest BCUT2D eigenvalue weighted by Gasteiger charge is 1.92. The lowest BCUT2D eigenvalue weighted by Gasteiger charge is -1.99. The zero-order valence-electron chi connectivity index (χ0n) is 9.81. The van der Waals surface area contributed by atoms with E-state index in [0.717, 1.165) is 6.54 Å². The Morgan fingerprint density at radius 3 is 2.71 bits per heavy atom. The van der Waals surface area contributed by atoms with Crippen LogP contribution in [0, 0.1) is 0 Å². The molecule has 0 spiro atoms. The van der Waals surface area contributed by atoms with Crippen molar-refractivity contribution in [2.24, 2.45) is 4.99 Å². The standard InChI is InChI=1S/C11H23NOSi/c1-4-5-8-11(2)12-9-6-7-10-14-13-3/h4-10H2,1-3H3. The molecular formula is C11H23NOSi. The quantitative estimate of drug-likeness (QED) is 0.328. The molecule has 0 amide bonds. The molecule has 14 heavy (non-hydrogen) atoms. The van der Waals surface area contributed by atoms with Gasteiger partial charge >= 0.3 is 0 Å². The summed E-state index contributed by atoms with van der Waals surface area (Å²) in [5.74, 6) is 0. The Kier molecular flexibility index (Phi) is 10.8. The molecule has 0 unspecified atom stereocenters. The van der Waals surface area contributed by atoms with E-state index in [1.165, 1.54) is 43.9 Å². The van der Waals surface area contributed by atoms with Crippen molar-refractivity contribution < 1.29 is 4.43 Å². The normalized spacial score (nSPS) is 12.1. The van der Waals surface area contributed by atoms with Gasteiger partial charge in [0.15, 0.2) is 0 Å². The molecular weight excluding hydrogens is 190 g/mol. The van der Waals surface area contributed by atoms with E-state index in [2.05, 4.69) is 18.8 Å². The Labute approximate surface area is 91.1 Å². The first kappa shape index (κ1) is 13.8. The second-order valence-electron chi connectivity index (χ2n) is 3.53. The van der Waals surface area contributed by atoms with Gasteiger partial charge in [0, 0.05) is 19.4 Å². The number of unbranched alkanes of at least 4 members (excludes halogenated alkanes) is 2. The van der Waals surface area contributed by atoms with Crippen LogP contribution in [-0.4, -0.2) is 29.1 Å². The average molecular weight is 213 g/mol.